The minimum atomic E-state index is -1.35. The number of nitrogens with one attached hydrogen (secondary N) is 1. The van der Waals surface area contributed by atoms with Gasteiger partial charge in [0.05, 0.1) is 6.42 Å². The van der Waals surface area contributed by atoms with Gasteiger partial charge in [0, 0.05) is 25.9 Å². The van der Waals surface area contributed by atoms with Gasteiger partial charge in [-0.25, -0.2) is 9.78 Å². The minimum absolute atomic E-state index is 0.249. The molecule has 0 aliphatic heterocycles. The number of rotatable bonds is 6. The minimum Gasteiger partial charge on any atom is -0.480 e. The topological polar surface area (TPSA) is 126 Å². The third kappa shape index (κ3) is 4.23. The number of hydrogen-bond acceptors (Lipinski definition) is 5. The van der Waals surface area contributed by atoms with E-state index in [2.05, 4.69) is 10.3 Å². The second-order valence-electron chi connectivity index (χ2n) is 4.33. The lowest BCUT2D eigenvalue weighted by atomic mass is 10.1. The molecular weight excluding hydrogens is 264 g/mol. The smallest absolute Gasteiger partial charge is 0.326 e. The summed E-state index contributed by atoms with van der Waals surface area (Å²) in [7, 11) is 3.52. The van der Waals surface area contributed by atoms with Gasteiger partial charge in [-0.3, -0.25) is 9.59 Å². The normalized spacial score (nSPS) is 11.5. The Balaban J connectivity index is 2.86. The van der Waals surface area contributed by atoms with Crippen LogP contribution in [0.4, 0.5) is 5.82 Å². The van der Waals surface area contributed by atoms with Crippen LogP contribution in [-0.2, 0) is 9.59 Å². The van der Waals surface area contributed by atoms with Gasteiger partial charge >= 0.3 is 5.97 Å². The van der Waals surface area contributed by atoms with E-state index in [9.17, 15) is 14.4 Å². The molecule has 0 radical (unpaired) electrons. The first-order chi connectivity index (χ1) is 9.31. The van der Waals surface area contributed by atoms with E-state index in [1.807, 2.05) is 0 Å². The Morgan fingerprint density at radius 3 is 2.60 bits per heavy atom. The molecule has 0 spiro atoms. The Labute approximate surface area is 115 Å². The summed E-state index contributed by atoms with van der Waals surface area (Å²) >= 11 is 0. The summed E-state index contributed by atoms with van der Waals surface area (Å²) in [6.07, 6.45) is 0.973. The third-order valence-electron chi connectivity index (χ3n) is 2.47. The lowest BCUT2D eigenvalue weighted by Crippen LogP contribution is -2.43. The van der Waals surface area contributed by atoms with Crippen molar-refractivity contribution in [1.82, 2.24) is 10.3 Å². The Morgan fingerprint density at radius 1 is 1.45 bits per heavy atom. The molecule has 0 saturated heterocycles. The molecule has 1 heterocycles. The number of hydrogen-bond donors (Lipinski definition) is 3. The molecule has 1 unspecified atom stereocenters. The number of primary amides is 1. The molecule has 2 amide bonds. The summed E-state index contributed by atoms with van der Waals surface area (Å²) in [6.45, 7) is 0. The lowest BCUT2D eigenvalue weighted by molar-refractivity contribution is -0.140. The van der Waals surface area contributed by atoms with E-state index in [4.69, 9.17) is 10.8 Å². The number of anilines is 1. The van der Waals surface area contributed by atoms with E-state index < -0.39 is 30.2 Å². The Bertz CT molecular complexity index is 530. The van der Waals surface area contributed by atoms with E-state index in [0.717, 1.165) is 0 Å². The third-order valence-corrected chi connectivity index (χ3v) is 2.47. The van der Waals surface area contributed by atoms with Crippen LogP contribution in [0.25, 0.3) is 0 Å². The molecule has 0 saturated carbocycles. The first-order valence-corrected chi connectivity index (χ1v) is 5.76. The van der Waals surface area contributed by atoms with Crippen LogP contribution in [0.2, 0.25) is 0 Å². The molecular formula is C12H16N4O4. The number of nitrogens with zero attached hydrogens (tertiary/aromatic N) is 2. The van der Waals surface area contributed by atoms with Gasteiger partial charge in [-0.1, -0.05) is 0 Å². The fourth-order valence-corrected chi connectivity index (χ4v) is 1.45. The average molecular weight is 280 g/mol. The number of carboxylic acid groups (broad SMARTS) is 1. The average Bonchev–Trinajstić information content (AvgIpc) is 2.37. The maximum Gasteiger partial charge on any atom is 0.326 e. The zero-order chi connectivity index (χ0) is 15.3. The van der Waals surface area contributed by atoms with Crippen LogP contribution in [0, 0.1) is 0 Å². The van der Waals surface area contributed by atoms with E-state index in [0.29, 0.717) is 5.82 Å². The number of pyridine rings is 1. The molecule has 0 aliphatic carbocycles. The molecule has 0 aromatic carbocycles. The lowest BCUT2D eigenvalue weighted by Gasteiger charge is -2.14. The van der Waals surface area contributed by atoms with Crippen molar-refractivity contribution in [3.05, 3.63) is 23.9 Å². The van der Waals surface area contributed by atoms with Crippen molar-refractivity contribution in [3.8, 4) is 0 Å². The van der Waals surface area contributed by atoms with Crippen molar-refractivity contribution in [2.24, 2.45) is 5.73 Å². The fourth-order valence-electron chi connectivity index (χ4n) is 1.45. The second-order valence-corrected chi connectivity index (χ2v) is 4.33. The molecule has 0 aliphatic rings. The van der Waals surface area contributed by atoms with Gasteiger partial charge in [-0.05, 0) is 12.1 Å². The zero-order valence-corrected chi connectivity index (χ0v) is 11.2. The summed E-state index contributed by atoms with van der Waals surface area (Å²) in [5.74, 6) is -2.18. The van der Waals surface area contributed by atoms with E-state index >= 15 is 0 Å². The molecule has 1 atom stereocenters. The molecule has 0 bridgehead atoms. The molecule has 108 valence electrons. The highest BCUT2D eigenvalue weighted by Gasteiger charge is 2.22. The molecule has 8 nitrogen and oxygen atoms in total. The Morgan fingerprint density at radius 2 is 2.10 bits per heavy atom. The van der Waals surface area contributed by atoms with Crippen LogP contribution < -0.4 is 16.0 Å². The largest absolute Gasteiger partial charge is 0.480 e. The summed E-state index contributed by atoms with van der Waals surface area (Å²) in [4.78, 5) is 39.4. The fraction of sp³-hybridized carbons (Fsp3) is 0.333. The molecule has 1 aromatic rings. The molecule has 8 heteroatoms. The van der Waals surface area contributed by atoms with Crippen molar-refractivity contribution in [1.29, 1.82) is 0 Å². The molecule has 1 aromatic heterocycles. The SMILES string of the molecule is CN(C)c1cc(C(=O)NC(CC(N)=O)C(=O)O)ccn1. The molecule has 0 fully saturated rings. The Hall–Kier alpha value is -2.64. The van der Waals surface area contributed by atoms with Gasteiger partial charge in [0.2, 0.25) is 5.91 Å². The monoisotopic (exact) mass is 280 g/mol. The number of amides is 2. The summed E-state index contributed by atoms with van der Waals surface area (Å²) in [5.41, 5.74) is 5.19. The van der Waals surface area contributed by atoms with Crippen LogP contribution in [0.15, 0.2) is 18.3 Å². The van der Waals surface area contributed by atoms with Gasteiger partial charge in [0.25, 0.3) is 5.91 Å². The maximum absolute atomic E-state index is 11.9. The number of carboxylic acids is 1. The van der Waals surface area contributed by atoms with Gasteiger partial charge in [-0.2, -0.15) is 0 Å². The highest BCUT2D eigenvalue weighted by Crippen LogP contribution is 2.09. The molecule has 20 heavy (non-hydrogen) atoms. The summed E-state index contributed by atoms with van der Waals surface area (Å²) in [5, 5.41) is 11.2. The van der Waals surface area contributed by atoms with Crippen LogP contribution >= 0.6 is 0 Å². The first-order valence-electron chi connectivity index (χ1n) is 5.76. The number of carbonyl (C=O) groups excluding carboxylic acids is 2. The van der Waals surface area contributed by atoms with Crippen LogP contribution in [0.5, 0.6) is 0 Å². The maximum atomic E-state index is 11.9. The van der Waals surface area contributed by atoms with Crippen molar-refractivity contribution in [3.63, 3.8) is 0 Å². The molecule has 1 rings (SSSR count). The number of carbonyl (C=O) groups is 3. The predicted molar refractivity (Wildman–Crippen MR) is 71.3 cm³/mol. The van der Waals surface area contributed by atoms with Crippen molar-refractivity contribution >= 4 is 23.6 Å². The van der Waals surface area contributed by atoms with Gasteiger partial charge < -0.3 is 21.1 Å². The number of nitrogens with two attached hydrogens (primary N) is 1. The van der Waals surface area contributed by atoms with Crippen molar-refractivity contribution < 1.29 is 19.5 Å². The van der Waals surface area contributed by atoms with E-state index in [1.54, 1.807) is 19.0 Å². The highest BCUT2D eigenvalue weighted by atomic mass is 16.4. The zero-order valence-electron chi connectivity index (χ0n) is 11.2. The van der Waals surface area contributed by atoms with Gasteiger partial charge in [0.15, 0.2) is 0 Å². The van der Waals surface area contributed by atoms with E-state index in [1.165, 1.54) is 18.3 Å². The van der Waals surface area contributed by atoms with Gasteiger partial charge in [0.1, 0.15) is 11.9 Å². The summed E-state index contributed by atoms with van der Waals surface area (Å²) in [6, 6.07) is 1.61. The quantitative estimate of drug-likeness (QED) is 0.626. The molecule has 4 N–H and O–H groups in total. The second kappa shape index (κ2) is 6.50. The number of aliphatic carboxylic acids is 1. The van der Waals surface area contributed by atoms with Crippen molar-refractivity contribution in [2.45, 2.75) is 12.5 Å². The standard InChI is InChI=1S/C12H16N4O4/c1-16(2)10-5-7(3-4-14-10)11(18)15-8(12(19)20)6-9(13)17/h3-5,8H,6H2,1-2H3,(H2,13,17)(H,15,18)(H,19,20). The predicted octanol–water partition coefficient (Wildman–Crippen LogP) is -0.794. The van der Waals surface area contributed by atoms with E-state index in [-0.39, 0.29) is 5.56 Å². The Kier molecular flexibility index (Phi) is 5.01. The number of aromatic nitrogens is 1. The van der Waals surface area contributed by atoms with Crippen LogP contribution in [-0.4, -0.2) is 48.0 Å². The van der Waals surface area contributed by atoms with Gasteiger partial charge in [-0.15, -0.1) is 0 Å². The van der Waals surface area contributed by atoms with Crippen LogP contribution in [0.3, 0.4) is 0 Å². The first kappa shape index (κ1) is 15.4. The van der Waals surface area contributed by atoms with Crippen molar-refractivity contribution in [2.75, 3.05) is 19.0 Å². The summed E-state index contributed by atoms with van der Waals surface area (Å²) < 4.78 is 0. The van der Waals surface area contributed by atoms with Crippen LogP contribution in [0.1, 0.15) is 16.8 Å². The highest BCUT2D eigenvalue weighted by molar-refractivity contribution is 5.98.